The molecule has 0 radical (unpaired) electrons. The summed E-state index contributed by atoms with van der Waals surface area (Å²) in [7, 11) is 0. The number of amides is 1. The molecule has 0 spiro atoms. The van der Waals surface area contributed by atoms with Crippen molar-refractivity contribution in [2.75, 3.05) is 6.61 Å². The van der Waals surface area contributed by atoms with Crippen LogP contribution in [0.25, 0.3) is 11.0 Å². The molecule has 1 aliphatic heterocycles. The number of hydrogen-bond acceptors (Lipinski definition) is 4. The van der Waals surface area contributed by atoms with Gasteiger partial charge in [-0.15, -0.1) is 0 Å². The Labute approximate surface area is 149 Å². The minimum atomic E-state index is -0.116. The van der Waals surface area contributed by atoms with Crippen LogP contribution in [-0.2, 0) is 11.2 Å². The van der Waals surface area contributed by atoms with E-state index in [4.69, 9.17) is 20.9 Å². The molecule has 0 saturated heterocycles. The van der Waals surface area contributed by atoms with Crippen molar-refractivity contribution < 1.29 is 14.1 Å². The standard InChI is InChI=1S/C19H17ClN2O3/c1-11-2-4-18-13(8-11)16(22-25-18)10-19(23)21-15-6-7-24-17-5-3-12(20)9-14(15)17/h2-5,8-9,15H,6-7,10H2,1H3,(H,21,23). The largest absolute Gasteiger partial charge is 0.493 e. The Kier molecular flexibility index (Phi) is 4.09. The van der Waals surface area contributed by atoms with Gasteiger partial charge in [-0.25, -0.2) is 0 Å². The van der Waals surface area contributed by atoms with Gasteiger partial charge in [0.1, 0.15) is 11.4 Å². The van der Waals surface area contributed by atoms with Gasteiger partial charge >= 0.3 is 0 Å². The molecule has 3 aromatic rings. The third kappa shape index (κ3) is 3.20. The zero-order valence-corrected chi connectivity index (χ0v) is 14.5. The number of carbonyl (C=O) groups excluding carboxylic acids is 1. The van der Waals surface area contributed by atoms with E-state index in [2.05, 4.69) is 10.5 Å². The maximum absolute atomic E-state index is 12.5. The highest BCUT2D eigenvalue weighted by atomic mass is 35.5. The van der Waals surface area contributed by atoms with Gasteiger partial charge < -0.3 is 14.6 Å². The summed E-state index contributed by atoms with van der Waals surface area (Å²) >= 11 is 6.08. The van der Waals surface area contributed by atoms with Gasteiger partial charge in [-0.05, 0) is 37.3 Å². The number of fused-ring (bicyclic) bond motifs is 2. The van der Waals surface area contributed by atoms with Crippen molar-refractivity contribution in [3.63, 3.8) is 0 Å². The molecule has 25 heavy (non-hydrogen) atoms. The van der Waals surface area contributed by atoms with Crippen LogP contribution in [-0.4, -0.2) is 17.7 Å². The Balaban J connectivity index is 1.53. The second-order valence-electron chi connectivity index (χ2n) is 6.25. The second-order valence-corrected chi connectivity index (χ2v) is 6.68. The molecule has 6 heteroatoms. The molecule has 4 rings (SSSR count). The third-order valence-electron chi connectivity index (χ3n) is 4.37. The SMILES string of the molecule is Cc1ccc2onc(CC(=O)NC3CCOc4ccc(Cl)cc43)c2c1. The van der Waals surface area contributed by atoms with Crippen LogP contribution in [0.1, 0.15) is 29.3 Å². The first kappa shape index (κ1) is 16.0. The molecule has 1 aliphatic rings. The van der Waals surface area contributed by atoms with E-state index in [1.54, 1.807) is 6.07 Å². The first-order valence-electron chi connectivity index (χ1n) is 8.16. The molecule has 1 atom stereocenters. The van der Waals surface area contributed by atoms with Gasteiger partial charge in [0.2, 0.25) is 5.91 Å². The summed E-state index contributed by atoms with van der Waals surface area (Å²) < 4.78 is 10.9. The Bertz CT molecular complexity index is 951. The summed E-state index contributed by atoms with van der Waals surface area (Å²) in [6, 6.07) is 11.2. The Morgan fingerprint density at radius 2 is 2.20 bits per heavy atom. The van der Waals surface area contributed by atoms with Crippen molar-refractivity contribution in [3.8, 4) is 5.75 Å². The highest BCUT2D eigenvalue weighted by Gasteiger charge is 2.24. The number of hydrogen-bond donors (Lipinski definition) is 1. The van der Waals surface area contributed by atoms with E-state index >= 15 is 0 Å². The molecule has 0 aliphatic carbocycles. The van der Waals surface area contributed by atoms with Crippen molar-refractivity contribution >= 4 is 28.5 Å². The lowest BCUT2D eigenvalue weighted by Gasteiger charge is -2.26. The lowest BCUT2D eigenvalue weighted by molar-refractivity contribution is -0.121. The Hall–Kier alpha value is -2.53. The van der Waals surface area contributed by atoms with Gasteiger partial charge in [0.25, 0.3) is 0 Å². The number of ether oxygens (including phenoxy) is 1. The third-order valence-corrected chi connectivity index (χ3v) is 4.61. The lowest BCUT2D eigenvalue weighted by atomic mass is 10.00. The lowest BCUT2D eigenvalue weighted by Crippen LogP contribution is -2.33. The zero-order chi connectivity index (χ0) is 17.4. The Morgan fingerprint density at radius 1 is 1.32 bits per heavy atom. The van der Waals surface area contributed by atoms with E-state index in [0.29, 0.717) is 29.3 Å². The molecule has 2 aromatic carbocycles. The molecule has 1 aromatic heterocycles. The highest BCUT2D eigenvalue weighted by molar-refractivity contribution is 6.30. The second kappa shape index (κ2) is 6.41. The van der Waals surface area contributed by atoms with E-state index in [1.807, 2.05) is 37.3 Å². The van der Waals surface area contributed by atoms with Gasteiger partial charge in [0.05, 0.1) is 19.1 Å². The molecule has 1 N–H and O–H groups in total. The van der Waals surface area contributed by atoms with Crippen LogP contribution in [0, 0.1) is 6.92 Å². The monoisotopic (exact) mass is 356 g/mol. The summed E-state index contributed by atoms with van der Waals surface area (Å²) in [6.45, 7) is 2.56. The molecular weight excluding hydrogens is 340 g/mol. The van der Waals surface area contributed by atoms with Crippen LogP contribution in [0.3, 0.4) is 0 Å². The zero-order valence-electron chi connectivity index (χ0n) is 13.7. The predicted octanol–water partition coefficient (Wildman–Crippen LogP) is 3.97. The summed E-state index contributed by atoms with van der Waals surface area (Å²) in [5, 5.41) is 8.61. The average Bonchev–Trinajstić information content (AvgIpc) is 2.97. The maximum Gasteiger partial charge on any atom is 0.226 e. The number of benzene rings is 2. The number of aryl methyl sites for hydroxylation is 1. The van der Waals surface area contributed by atoms with Crippen molar-refractivity contribution in [3.05, 3.63) is 58.2 Å². The average molecular weight is 357 g/mol. The number of nitrogens with zero attached hydrogens (tertiary/aromatic N) is 1. The van der Waals surface area contributed by atoms with E-state index in [9.17, 15) is 4.79 Å². The van der Waals surface area contributed by atoms with Gasteiger partial charge in [0, 0.05) is 22.4 Å². The number of nitrogens with one attached hydrogen (secondary N) is 1. The van der Waals surface area contributed by atoms with Crippen LogP contribution in [0.2, 0.25) is 5.02 Å². The van der Waals surface area contributed by atoms with Crippen molar-refractivity contribution in [2.45, 2.75) is 25.8 Å². The topological polar surface area (TPSA) is 64.4 Å². The molecule has 0 saturated carbocycles. The number of carbonyl (C=O) groups is 1. The fourth-order valence-electron chi connectivity index (χ4n) is 3.14. The highest BCUT2D eigenvalue weighted by Crippen LogP contribution is 2.34. The number of aromatic nitrogens is 1. The summed E-state index contributed by atoms with van der Waals surface area (Å²) in [6.07, 6.45) is 0.876. The normalized spacial score (nSPS) is 16.3. The minimum Gasteiger partial charge on any atom is -0.493 e. The van der Waals surface area contributed by atoms with Gasteiger partial charge in [0.15, 0.2) is 5.58 Å². The van der Waals surface area contributed by atoms with Gasteiger partial charge in [-0.3, -0.25) is 4.79 Å². The van der Waals surface area contributed by atoms with E-state index in [-0.39, 0.29) is 18.4 Å². The molecule has 0 fully saturated rings. The smallest absolute Gasteiger partial charge is 0.226 e. The molecule has 1 amide bonds. The minimum absolute atomic E-state index is 0.102. The molecule has 128 valence electrons. The van der Waals surface area contributed by atoms with Crippen LogP contribution >= 0.6 is 11.6 Å². The molecule has 5 nitrogen and oxygen atoms in total. The molecule has 0 bridgehead atoms. The van der Waals surface area contributed by atoms with E-state index in [1.165, 1.54) is 0 Å². The van der Waals surface area contributed by atoms with Gasteiger partial charge in [-0.2, -0.15) is 0 Å². The summed E-state index contributed by atoms with van der Waals surface area (Å²) in [5.41, 5.74) is 3.35. The Morgan fingerprint density at radius 3 is 3.08 bits per heavy atom. The summed E-state index contributed by atoms with van der Waals surface area (Å²) in [4.78, 5) is 12.5. The van der Waals surface area contributed by atoms with Crippen molar-refractivity contribution in [1.82, 2.24) is 10.5 Å². The quantitative estimate of drug-likeness (QED) is 0.771. The number of rotatable bonds is 3. The van der Waals surface area contributed by atoms with Crippen LogP contribution < -0.4 is 10.1 Å². The maximum atomic E-state index is 12.5. The molecule has 2 heterocycles. The van der Waals surface area contributed by atoms with Crippen LogP contribution in [0.5, 0.6) is 5.75 Å². The molecular formula is C19H17ClN2O3. The fraction of sp³-hybridized carbons (Fsp3) is 0.263. The fourth-order valence-corrected chi connectivity index (χ4v) is 3.32. The van der Waals surface area contributed by atoms with E-state index in [0.717, 1.165) is 22.3 Å². The van der Waals surface area contributed by atoms with Crippen molar-refractivity contribution in [2.24, 2.45) is 0 Å². The van der Waals surface area contributed by atoms with E-state index < -0.39 is 0 Å². The number of halogens is 1. The first-order valence-corrected chi connectivity index (χ1v) is 8.54. The molecule has 1 unspecified atom stereocenters. The van der Waals surface area contributed by atoms with Crippen LogP contribution in [0.4, 0.5) is 0 Å². The van der Waals surface area contributed by atoms with Crippen LogP contribution in [0.15, 0.2) is 40.9 Å². The first-order chi connectivity index (χ1) is 12.1. The van der Waals surface area contributed by atoms with Crippen molar-refractivity contribution in [1.29, 1.82) is 0 Å². The van der Waals surface area contributed by atoms with Gasteiger partial charge in [-0.1, -0.05) is 28.4 Å². The predicted molar refractivity (Wildman–Crippen MR) is 94.9 cm³/mol. The summed E-state index contributed by atoms with van der Waals surface area (Å²) in [5.74, 6) is 0.665.